The zero-order valence-electron chi connectivity index (χ0n) is 8.54. The normalized spacial score (nSPS) is 9.75. The quantitative estimate of drug-likeness (QED) is 0.477. The Kier molecular flexibility index (Phi) is 4.15. The van der Waals surface area contributed by atoms with Gasteiger partial charge in [0.25, 0.3) is 5.78 Å². The second kappa shape index (κ2) is 5.18. The number of rotatable bonds is 3. The Bertz CT molecular complexity index is 443. The van der Waals surface area contributed by atoms with E-state index in [1.807, 2.05) is 0 Å². The van der Waals surface area contributed by atoms with Crippen LogP contribution in [0.25, 0.3) is 0 Å². The van der Waals surface area contributed by atoms with Gasteiger partial charge in [0.15, 0.2) is 0 Å². The Morgan fingerprint density at radius 1 is 1.12 bits per heavy atom. The number of esters is 1. The average molecular weight is 263 g/mol. The third-order valence-electron chi connectivity index (χ3n) is 1.86. The number of carbonyl (C=O) groups excluding carboxylic acids is 2. The predicted molar refractivity (Wildman–Crippen MR) is 59.4 cm³/mol. The van der Waals surface area contributed by atoms with Crippen LogP contribution in [0.1, 0.15) is 10.4 Å². The first-order chi connectivity index (χ1) is 7.51. The number of hydrogen-bond acceptors (Lipinski definition) is 4. The number of ketones is 1. The molecule has 1 aromatic rings. The van der Waals surface area contributed by atoms with Gasteiger partial charge in [0, 0.05) is 0 Å². The summed E-state index contributed by atoms with van der Waals surface area (Å²) in [5.41, 5.74) is -0.00485. The molecule has 6 heteroatoms. The number of hydrogen-bond donors (Lipinski definition) is 0. The lowest BCUT2D eigenvalue weighted by atomic mass is 10.1. The van der Waals surface area contributed by atoms with E-state index in [-0.39, 0.29) is 21.4 Å². The van der Waals surface area contributed by atoms with E-state index >= 15 is 0 Å². The van der Waals surface area contributed by atoms with Crippen LogP contribution in [0.5, 0.6) is 5.75 Å². The van der Waals surface area contributed by atoms with Crippen molar-refractivity contribution in [3.8, 4) is 5.75 Å². The monoisotopic (exact) mass is 262 g/mol. The summed E-state index contributed by atoms with van der Waals surface area (Å²) in [5.74, 6) is -1.58. The van der Waals surface area contributed by atoms with Crippen LogP contribution < -0.4 is 4.74 Å². The van der Waals surface area contributed by atoms with Gasteiger partial charge in [0.2, 0.25) is 0 Å². The Balaban J connectivity index is 3.23. The number of carbonyl (C=O) groups is 2. The Labute approximate surface area is 102 Å². The predicted octanol–water partition coefficient (Wildman–Crippen LogP) is 2.36. The molecule has 0 aliphatic heterocycles. The minimum absolute atomic E-state index is 0.00485. The van der Waals surface area contributed by atoms with Gasteiger partial charge in [-0.2, -0.15) is 0 Å². The minimum atomic E-state index is -0.994. The van der Waals surface area contributed by atoms with Gasteiger partial charge in [-0.25, -0.2) is 4.79 Å². The molecule has 0 bridgehead atoms. The summed E-state index contributed by atoms with van der Waals surface area (Å²) in [7, 11) is 2.50. The van der Waals surface area contributed by atoms with Gasteiger partial charge >= 0.3 is 5.97 Å². The Morgan fingerprint density at radius 3 is 2.25 bits per heavy atom. The molecular formula is C10H8Cl2O4. The summed E-state index contributed by atoms with van der Waals surface area (Å²) < 4.78 is 9.21. The molecule has 0 saturated heterocycles. The Morgan fingerprint density at radius 2 is 1.75 bits per heavy atom. The maximum Gasteiger partial charge on any atom is 0.379 e. The van der Waals surface area contributed by atoms with E-state index in [0.717, 1.165) is 7.11 Å². The summed E-state index contributed by atoms with van der Waals surface area (Å²) in [6.07, 6.45) is 0. The van der Waals surface area contributed by atoms with Crippen molar-refractivity contribution < 1.29 is 19.1 Å². The van der Waals surface area contributed by atoms with E-state index in [4.69, 9.17) is 27.9 Å². The fourth-order valence-electron chi connectivity index (χ4n) is 1.06. The molecule has 0 N–H and O–H groups in total. The largest absolute Gasteiger partial charge is 0.495 e. The zero-order chi connectivity index (χ0) is 12.3. The summed E-state index contributed by atoms with van der Waals surface area (Å²) in [6.45, 7) is 0. The summed E-state index contributed by atoms with van der Waals surface area (Å²) in [5, 5.41) is 0.329. The second-order valence-corrected chi connectivity index (χ2v) is 3.60. The average Bonchev–Trinajstić information content (AvgIpc) is 2.27. The van der Waals surface area contributed by atoms with Crippen LogP contribution >= 0.6 is 23.2 Å². The fraction of sp³-hybridized carbons (Fsp3) is 0.200. The van der Waals surface area contributed by atoms with Crippen LogP contribution in [-0.4, -0.2) is 26.0 Å². The van der Waals surface area contributed by atoms with E-state index in [0.29, 0.717) is 0 Å². The topological polar surface area (TPSA) is 52.6 Å². The Hall–Kier alpha value is -1.26. The number of benzene rings is 1. The summed E-state index contributed by atoms with van der Waals surface area (Å²) in [4.78, 5) is 22.6. The van der Waals surface area contributed by atoms with E-state index < -0.39 is 11.8 Å². The van der Waals surface area contributed by atoms with Gasteiger partial charge in [0.1, 0.15) is 5.75 Å². The first-order valence-electron chi connectivity index (χ1n) is 4.17. The lowest BCUT2D eigenvalue weighted by Gasteiger charge is -2.07. The lowest BCUT2D eigenvalue weighted by molar-refractivity contribution is -0.135. The number of halogens is 2. The van der Waals surface area contributed by atoms with Crippen LogP contribution in [0.3, 0.4) is 0 Å². The molecule has 0 fully saturated rings. The highest BCUT2D eigenvalue weighted by atomic mass is 35.5. The maximum atomic E-state index is 11.5. The molecule has 0 aliphatic rings. The van der Waals surface area contributed by atoms with Gasteiger partial charge in [0.05, 0.1) is 29.8 Å². The standard InChI is InChI=1S/C10H8Cl2O4/c1-15-8-3-5(6(11)4-7(8)12)9(13)10(14)16-2/h3-4H,1-2H3. The van der Waals surface area contributed by atoms with Crippen molar-refractivity contribution in [1.82, 2.24) is 0 Å². The van der Waals surface area contributed by atoms with Crippen LogP contribution in [0, 0.1) is 0 Å². The SMILES string of the molecule is COC(=O)C(=O)c1cc(OC)c(Cl)cc1Cl. The molecule has 1 rings (SSSR count). The molecule has 0 aromatic heterocycles. The molecule has 0 atom stereocenters. The van der Waals surface area contributed by atoms with Crippen LogP contribution in [0.4, 0.5) is 0 Å². The molecule has 0 spiro atoms. The third-order valence-corrected chi connectivity index (χ3v) is 2.46. The molecule has 0 aliphatic carbocycles. The van der Waals surface area contributed by atoms with Crippen molar-refractivity contribution in [1.29, 1.82) is 0 Å². The van der Waals surface area contributed by atoms with Gasteiger partial charge in [-0.05, 0) is 12.1 Å². The van der Waals surface area contributed by atoms with Crippen LogP contribution in [0.2, 0.25) is 10.0 Å². The highest BCUT2D eigenvalue weighted by Gasteiger charge is 2.21. The molecule has 0 heterocycles. The summed E-state index contributed by atoms with van der Waals surface area (Å²) >= 11 is 11.6. The van der Waals surface area contributed by atoms with E-state index in [9.17, 15) is 9.59 Å². The molecule has 0 amide bonds. The molecule has 16 heavy (non-hydrogen) atoms. The van der Waals surface area contributed by atoms with Gasteiger partial charge in [-0.3, -0.25) is 4.79 Å². The van der Waals surface area contributed by atoms with E-state index in [1.54, 1.807) is 0 Å². The van der Waals surface area contributed by atoms with Crippen LogP contribution in [0.15, 0.2) is 12.1 Å². The van der Waals surface area contributed by atoms with Crippen molar-refractivity contribution in [2.24, 2.45) is 0 Å². The van der Waals surface area contributed by atoms with Crippen molar-refractivity contribution in [3.63, 3.8) is 0 Å². The maximum absolute atomic E-state index is 11.5. The third kappa shape index (κ3) is 2.46. The molecule has 0 saturated carbocycles. The van der Waals surface area contributed by atoms with Gasteiger partial charge < -0.3 is 9.47 Å². The number of ether oxygens (including phenoxy) is 2. The molecule has 86 valence electrons. The summed E-state index contributed by atoms with van der Waals surface area (Å²) in [6, 6.07) is 2.63. The number of Topliss-reactive ketones (excluding diaryl/α,β-unsaturated/α-hetero) is 1. The molecule has 4 nitrogen and oxygen atoms in total. The molecule has 0 radical (unpaired) electrons. The highest BCUT2D eigenvalue weighted by molar-refractivity contribution is 6.46. The minimum Gasteiger partial charge on any atom is -0.495 e. The fourth-order valence-corrected chi connectivity index (χ4v) is 1.61. The highest BCUT2D eigenvalue weighted by Crippen LogP contribution is 2.31. The van der Waals surface area contributed by atoms with Crippen molar-refractivity contribution in [3.05, 3.63) is 27.7 Å². The van der Waals surface area contributed by atoms with Crippen molar-refractivity contribution in [2.45, 2.75) is 0 Å². The first-order valence-corrected chi connectivity index (χ1v) is 4.92. The second-order valence-electron chi connectivity index (χ2n) is 2.79. The molecule has 1 aromatic carbocycles. The van der Waals surface area contributed by atoms with Crippen molar-refractivity contribution in [2.75, 3.05) is 14.2 Å². The zero-order valence-corrected chi connectivity index (χ0v) is 10.1. The van der Waals surface area contributed by atoms with Crippen molar-refractivity contribution >= 4 is 35.0 Å². The van der Waals surface area contributed by atoms with Gasteiger partial charge in [-0.1, -0.05) is 23.2 Å². The van der Waals surface area contributed by atoms with E-state index in [1.165, 1.54) is 19.2 Å². The van der Waals surface area contributed by atoms with Gasteiger partial charge in [-0.15, -0.1) is 0 Å². The van der Waals surface area contributed by atoms with Crippen LogP contribution in [-0.2, 0) is 9.53 Å². The molecule has 0 unspecified atom stereocenters. The lowest BCUT2D eigenvalue weighted by Crippen LogP contribution is -2.16. The van der Waals surface area contributed by atoms with E-state index in [2.05, 4.69) is 4.74 Å². The smallest absolute Gasteiger partial charge is 0.379 e. The molecular weight excluding hydrogens is 255 g/mol. The number of methoxy groups -OCH3 is 2. The first kappa shape index (κ1) is 12.8.